The van der Waals surface area contributed by atoms with Crippen molar-refractivity contribution in [2.45, 2.75) is 39.7 Å². The van der Waals surface area contributed by atoms with Crippen LogP contribution in [0.5, 0.6) is 0 Å². The Kier molecular flexibility index (Phi) is 5.37. The maximum Gasteiger partial charge on any atom is 0.0419 e. The van der Waals surface area contributed by atoms with Gasteiger partial charge in [-0.05, 0) is 62.5 Å². The van der Waals surface area contributed by atoms with Crippen molar-refractivity contribution in [3.05, 3.63) is 29.3 Å². The van der Waals surface area contributed by atoms with Gasteiger partial charge in [0.05, 0.1) is 0 Å². The van der Waals surface area contributed by atoms with E-state index in [-0.39, 0.29) is 0 Å². The lowest BCUT2D eigenvalue weighted by Crippen LogP contribution is -2.38. The fraction of sp³-hybridized carbons (Fsp3) is 0.684. The van der Waals surface area contributed by atoms with Crippen molar-refractivity contribution >= 4 is 5.69 Å². The normalized spacial score (nSPS) is 19.4. The molecule has 0 amide bonds. The average molecular weight is 301 g/mol. The fourth-order valence-corrected chi connectivity index (χ4v) is 3.96. The maximum atomic E-state index is 3.58. The zero-order valence-corrected chi connectivity index (χ0v) is 14.3. The van der Waals surface area contributed by atoms with Gasteiger partial charge < -0.3 is 10.2 Å². The van der Waals surface area contributed by atoms with Crippen LogP contribution in [0.1, 0.15) is 37.8 Å². The third-order valence-electron chi connectivity index (χ3n) is 5.45. The SMILES string of the molecule is CCN(CC)CC1CCN(Cc2cccc3c2NCC3)CC1. The van der Waals surface area contributed by atoms with Gasteiger partial charge in [-0.2, -0.15) is 0 Å². The first-order valence-corrected chi connectivity index (χ1v) is 9.09. The molecule has 0 aromatic heterocycles. The molecule has 1 saturated heterocycles. The van der Waals surface area contributed by atoms with Gasteiger partial charge in [-0.15, -0.1) is 0 Å². The highest BCUT2D eigenvalue weighted by atomic mass is 15.1. The van der Waals surface area contributed by atoms with E-state index in [0.717, 1.165) is 19.0 Å². The van der Waals surface area contributed by atoms with Crippen molar-refractivity contribution in [1.82, 2.24) is 9.80 Å². The van der Waals surface area contributed by atoms with E-state index < -0.39 is 0 Å². The number of nitrogens with zero attached hydrogens (tertiary/aromatic N) is 2. The van der Waals surface area contributed by atoms with Gasteiger partial charge in [0, 0.05) is 25.3 Å². The van der Waals surface area contributed by atoms with Gasteiger partial charge in [0.25, 0.3) is 0 Å². The molecule has 122 valence electrons. The molecule has 0 spiro atoms. The molecule has 3 nitrogen and oxygen atoms in total. The van der Waals surface area contributed by atoms with Gasteiger partial charge in [-0.1, -0.05) is 32.0 Å². The predicted octanol–water partition coefficient (Wildman–Crippen LogP) is 3.21. The third kappa shape index (κ3) is 3.64. The quantitative estimate of drug-likeness (QED) is 0.870. The molecule has 0 unspecified atom stereocenters. The second-order valence-electron chi connectivity index (χ2n) is 6.83. The predicted molar refractivity (Wildman–Crippen MR) is 94.4 cm³/mol. The van der Waals surface area contributed by atoms with E-state index in [1.165, 1.54) is 68.8 Å². The molecular formula is C19H31N3. The molecule has 2 heterocycles. The number of benzene rings is 1. The van der Waals surface area contributed by atoms with Gasteiger partial charge in [0.1, 0.15) is 0 Å². The number of hydrogen-bond donors (Lipinski definition) is 1. The van der Waals surface area contributed by atoms with Gasteiger partial charge >= 0.3 is 0 Å². The number of likely N-dealkylation sites (tertiary alicyclic amines) is 1. The average Bonchev–Trinajstić information content (AvgIpc) is 3.04. The number of para-hydroxylation sites is 1. The van der Waals surface area contributed by atoms with Gasteiger partial charge in [-0.3, -0.25) is 4.90 Å². The maximum absolute atomic E-state index is 3.58. The number of nitrogens with one attached hydrogen (secondary N) is 1. The zero-order valence-electron chi connectivity index (χ0n) is 14.3. The number of rotatable bonds is 6. The molecule has 2 aliphatic rings. The van der Waals surface area contributed by atoms with Crippen LogP contribution in [-0.4, -0.2) is 49.1 Å². The zero-order chi connectivity index (χ0) is 15.4. The molecule has 0 bridgehead atoms. The molecule has 0 radical (unpaired) electrons. The van der Waals surface area contributed by atoms with Crippen LogP contribution in [0.25, 0.3) is 0 Å². The molecule has 1 N–H and O–H groups in total. The highest BCUT2D eigenvalue weighted by molar-refractivity contribution is 5.61. The summed E-state index contributed by atoms with van der Waals surface area (Å²) in [5.74, 6) is 0.899. The molecule has 3 heteroatoms. The molecule has 1 fully saturated rings. The Hall–Kier alpha value is -1.06. The summed E-state index contributed by atoms with van der Waals surface area (Å²) >= 11 is 0. The Morgan fingerprint density at radius 2 is 1.95 bits per heavy atom. The van der Waals surface area contributed by atoms with Crippen LogP contribution in [0.3, 0.4) is 0 Å². The van der Waals surface area contributed by atoms with Crippen molar-refractivity contribution in [1.29, 1.82) is 0 Å². The molecule has 0 saturated carbocycles. The van der Waals surface area contributed by atoms with E-state index in [1.807, 2.05) is 0 Å². The summed E-state index contributed by atoms with van der Waals surface area (Å²) in [4.78, 5) is 5.22. The molecule has 22 heavy (non-hydrogen) atoms. The minimum atomic E-state index is 0.899. The number of hydrogen-bond acceptors (Lipinski definition) is 3. The Balaban J connectivity index is 1.51. The summed E-state index contributed by atoms with van der Waals surface area (Å²) in [5.41, 5.74) is 4.43. The van der Waals surface area contributed by atoms with Crippen LogP contribution >= 0.6 is 0 Å². The third-order valence-corrected chi connectivity index (χ3v) is 5.45. The van der Waals surface area contributed by atoms with Crippen molar-refractivity contribution in [2.24, 2.45) is 5.92 Å². The lowest BCUT2D eigenvalue weighted by molar-refractivity contribution is 0.143. The monoisotopic (exact) mass is 301 g/mol. The summed E-state index contributed by atoms with van der Waals surface area (Å²) in [6.45, 7) is 13.0. The van der Waals surface area contributed by atoms with Crippen LogP contribution in [0.2, 0.25) is 0 Å². The first-order valence-electron chi connectivity index (χ1n) is 9.09. The smallest absolute Gasteiger partial charge is 0.0419 e. The second kappa shape index (κ2) is 7.47. The van der Waals surface area contributed by atoms with Crippen LogP contribution in [-0.2, 0) is 13.0 Å². The standard InChI is InChI=1S/C19H31N3/c1-3-21(4-2)14-16-9-12-22(13-10-16)15-18-7-5-6-17-8-11-20-19(17)18/h5-7,16,20H,3-4,8-15H2,1-2H3. The van der Waals surface area contributed by atoms with Gasteiger partial charge in [0.2, 0.25) is 0 Å². The molecule has 2 aliphatic heterocycles. The topological polar surface area (TPSA) is 18.5 Å². The van der Waals surface area contributed by atoms with E-state index in [0.29, 0.717) is 0 Å². The van der Waals surface area contributed by atoms with Gasteiger partial charge in [-0.25, -0.2) is 0 Å². The molecule has 1 aromatic rings. The lowest BCUT2D eigenvalue weighted by Gasteiger charge is -2.34. The van der Waals surface area contributed by atoms with E-state index in [4.69, 9.17) is 0 Å². The Morgan fingerprint density at radius 1 is 1.18 bits per heavy atom. The first kappa shape index (κ1) is 15.8. The summed E-state index contributed by atoms with van der Waals surface area (Å²) in [6.07, 6.45) is 3.91. The van der Waals surface area contributed by atoms with Crippen molar-refractivity contribution in [2.75, 3.05) is 44.6 Å². The highest BCUT2D eigenvalue weighted by Gasteiger charge is 2.22. The Labute approximate surface area is 135 Å². The Morgan fingerprint density at radius 3 is 2.68 bits per heavy atom. The Bertz CT molecular complexity index is 474. The minimum Gasteiger partial charge on any atom is -0.384 e. The first-order chi connectivity index (χ1) is 10.8. The van der Waals surface area contributed by atoms with E-state index in [9.17, 15) is 0 Å². The summed E-state index contributed by atoms with van der Waals surface area (Å²) in [6, 6.07) is 6.81. The van der Waals surface area contributed by atoms with Crippen LogP contribution < -0.4 is 5.32 Å². The highest BCUT2D eigenvalue weighted by Crippen LogP contribution is 2.28. The van der Waals surface area contributed by atoms with Gasteiger partial charge in [0.15, 0.2) is 0 Å². The number of piperidine rings is 1. The summed E-state index contributed by atoms with van der Waals surface area (Å²) < 4.78 is 0. The van der Waals surface area contributed by atoms with E-state index >= 15 is 0 Å². The second-order valence-corrected chi connectivity index (χ2v) is 6.83. The lowest BCUT2D eigenvalue weighted by atomic mass is 9.95. The number of anilines is 1. The molecule has 0 aliphatic carbocycles. The van der Waals surface area contributed by atoms with Crippen LogP contribution in [0.4, 0.5) is 5.69 Å². The molecule has 3 rings (SSSR count). The van der Waals surface area contributed by atoms with Crippen LogP contribution in [0, 0.1) is 5.92 Å². The fourth-order valence-electron chi connectivity index (χ4n) is 3.96. The summed E-state index contributed by atoms with van der Waals surface area (Å²) in [5, 5.41) is 3.58. The minimum absolute atomic E-state index is 0.899. The molecule has 0 atom stereocenters. The summed E-state index contributed by atoms with van der Waals surface area (Å²) in [7, 11) is 0. The van der Waals surface area contributed by atoms with E-state index in [2.05, 4.69) is 47.2 Å². The van der Waals surface area contributed by atoms with Crippen LogP contribution in [0.15, 0.2) is 18.2 Å². The molecule has 1 aromatic carbocycles. The largest absolute Gasteiger partial charge is 0.384 e. The van der Waals surface area contributed by atoms with Crippen molar-refractivity contribution in [3.63, 3.8) is 0 Å². The molecular weight excluding hydrogens is 270 g/mol. The van der Waals surface area contributed by atoms with Crippen molar-refractivity contribution in [3.8, 4) is 0 Å². The van der Waals surface area contributed by atoms with E-state index in [1.54, 1.807) is 0 Å². The number of fused-ring (bicyclic) bond motifs is 1. The van der Waals surface area contributed by atoms with Crippen molar-refractivity contribution < 1.29 is 0 Å².